The molecule has 0 bridgehead atoms. The van der Waals surface area contributed by atoms with E-state index in [0.29, 0.717) is 11.8 Å². The van der Waals surface area contributed by atoms with Crippen molar-refractivity contribution in [1.82, 2.24) is 0 Å². The van der Waals surface area contributed by atoms with Crippen LogP contribution in [0.15, 0.2) is 23.4 Å². The van der Waals surface area contributed by atoms with Crippen LogP contribution in [0.25, 0.3) is 0 Å². The first kappa shape index (κ1) is 10.4. The van der Waals surface area contributed by atoms with Crippen molar-refractivity contribution in [2.24, 2.45) is 17.6 Å². The minimum absolute atomic E-state index is 0.559. The third-order valence-corrected chi connectivity index (χ3v) is 2.51. The Balaban J connectivity index is 2.75. The van der Waals surface area contributed by atoms with Gasteiger partial charge >= 0.3 is 0 Å². The molecular weight excluding hydrogens is 158 g/mol. The lowest BCUT2D eigenvalue weighted by Gasteiger charge is -2.11. The first-order valence-electron chi connectivity index (χ1n) is 5.32. The molecule has 0 atom stereocenters. The van der Waals surface area contributed by atoms with Crippen LogP contribution in [0.4, 0.5) is 0 Å². The molecule has 0 unspecified atom stereocenters. The molecule has 1 heteroatoms. The molecule has 0 aromatic heterocycles. The van der Waals surface area contributed by atoms with E-state index >= 15 is 0 Å². The summed E-state index contributed by atoms with van der Waals surface area (Å²) >= 11 is 0. The highest BCUT2D eigenvalue weighted by Crippen LogP contribution is 2.36. The van der Waals surface area contributed by atoms with E-state index in [9.17, 15) is 0 Å². The molecule has 1 fully saturated rings. The maximum atomic E-state index is 6.09. The Morgan fingerprint density at radius 1 is 1.46 bits per heavy atom. The minimum atomic E-state index is 0.559. The van der Waals surface area contributed by atoms with Crippen LogP contribution in [0.2, 0.25) is 0 Å². The van der Waals surface area contributed by atoms with Crippen LogP contribution in [0, 0.1) is 11.8 Å². The van der Waals surface area contributed by atoms with Crippen molar-refractivity contribution in [3.63, 3.8) is 0 Å². The first-order valence-corrected chi connectivity index (χ1v) is 5.32. The lowest BCUT2D eigenvalue weighted by atomic mass is 9.98. The second-order valence-electron chi connectivity index (χ2n) is 4.15. The zero-order valence-corrected chi connectivity index (χ0v) is 9.01. The molecule has 0 saturated heterocycles. The van der Waals surface area contributed by atoms with Crippen molar-refractivity contribution in [3.05, 3.63) is 23.4 Å². The Morgan fingerprint density at radius 3 is 2.46 bits per heavy atom. The van der Waals surface area contributed by atoms with Crippen molar-refractivity contribution in [1.29, 1.82) is 0 Å². The number of nitrogens with two attached hydrogens (primary N) is 1. The van der Waals surface area contributed by atoms with Crippen LogP contribution in [0.1, 0.15) is 40.0 Å². The lowest BCUT2D eigenvalue weighted by Crippen LogP contribution is -2.07. The first-order chi connectivity index (χ1) is 6.16. The molecule has 1 saturated carbocycles. The monoisotopic (exact) mass is 179 g/mol. The van der Waals surface area contributed by atoms with Crippen LogP contribution < -0.4 is 5.73 Å². The van der Waals surface area contributed by atoms with Crippen LogP contribution in [0.3, 0.4) is 0 Å². The van der Waals surface area contributed by atoms with Gasteiger partial charge in [-0.15, -0.1) is 0 Å². The summed E-state index contributed by atoms with van der Waals surface area (Å²) in [5.74, 6) is 1.25. The predicted octanol–water partition coefficient (Wildman–Crippen LogP) is 3.23. The average Bonchev–Trinajstić information content (AvgIpc) is 2.86. The Hall–Kier alpha value is -0.720. The van der Waals surface area contributed by atoms with Crippen LogP contribution in [-0.4, -0.2) is 0 Å². The van der Waals surface area contributed by atoms with Crippen molar-refractivity contribution in [2.45, 2.75) is 40.0 Å². The Bertz CT molecular complexity index is 219. The summed E-state index contributed by atoms with van der Waals surface area (Å²) in [6.45, 7) is 6.58. The van der Waals surface area contributed by atoms with Gasteiger partial charge in [-0.25, -0.2) is 0 Å². The second kappa shape index (κ2) is 4.50. The topological polar surface area (TPSA) is 26.0 Å². The Labute approximate surface area is 81.7 Å². The summed E-state index contributed by atoms with van der Waals surface area (Å²) in [6, 6.07) is 0. The summed E-state index contributed by atoms with van der Waals surface area (Å²) in [7, 11) is 0. The molecule has 0 aromatic rings. The SMILES string of the molecule is CC/C=C\C(=C(/N)C1CC1)C(C)C. The van der Waals surface area contributed by atoms with Gasteiger partial charge in [0.1, 0.15) is 0 Å². The van der Waals surface area contributed by atoms with E-state index in [4.69, 9.17) is 5.73 Å². The maximum Gasteiger partial charge on any atom is 0.0147 e. The second-order valence-corrected chi connectivity index (χ2v) is 4.15. The molecule has 74 valence electrons. The van der Waals surface area contributed by atoms with Crippen molar-refractivity contribution < 1.29 is 0 Å². The molecule has 0 amide bonds. The smallest absolute Gasteiger partial charge is 0.0147 e. The van der Waals surface area contributed by atoms with E-state index < -0.39 is 0 Å². The number of allylic oxidation sites excluding steroid dienone is 4. The summed E-state index contributed by atoms with van der Waals surface area (Å²) in [5, 5.41) is 0. The Kier molecular flexibility index (Phi) is 3.58. The normalized spacial score (nSPS) is 19.7. The summed E-state index contributed by atoms with van der Waals surface area (Å²) in [4.78, 5) is 0. The lowest BCUT2D eigenvalue weighted by molar-refractivity contribution is 0.757. The van der Waals surface area contributed by atoms with E-state index in [1.54, 1.807) is 0 Å². The number of rotatable bonds is 4. The van der Waals surface area contributed by atoms with Gasteiger partial charge in [-0.05, 0) is 36.7 Å². The highest BCUT2D eigenvalue weighted by atomic mass is 14.6. The van der Waals surface area contributed by atoms with Gasteiger partial charge in [0.25, 0.3) is 0 Å². The Morgan fingerprint density at radius 2 is 2.08 bits per heavy atom. The van der Waals surface area contributed by atoms with Gasteiger partial charge < -0.3 is 5.73 Å². The van der Waals surface area contributed by atoms with E-state index in [2.05, 4.69) is 32.9 Å². The highest BCUT2D eigenvalue weighted by Gasteiger charge is 2.26. The van der Waals surface area contributed by atoms with Gasteiger partial charge in [-0.2, -0.15) is 0 Å². The third kappa shape index (κ3) is 2.91. The van der Waals surface area contributed by atoms with E-state index in [1.165, 1.54) is 18.4 Å². The molecule has 0 spiro atoms. The summed E-state index contributed by atoms with van der Waals surface area (Å²) in [6.07, 6.45) is 8.08. The molecule has 0 radical (unpaired) electrons. The molecule has 0 aromatic carbocycles. The van der Waals surface area contributed by atoms with Crippen molar-refractivity contribution in [3.8, 4) is 0 Å². The highest BCUT2D eigenvalue weighted by molar-refractivity contribution is 5.29. The van der Waals surface area contributed by atoms with Gasteiger partial charge in [-0.3, -0.25) is 0 Å². The van der Waals surface area contributed by atoms with Crippen molar-refractivity contribution in [2.75, 3.05) is 0 Å². The molecule has 0 aliphatic heterocycles. The fourth-order valence-electron chi connectivity index (χ4n) is 1.50. The van der Waals surface area contributed by atoms with Gasteiger partial charge in [0.2, 0.25) is 0 Å². The molecule has 13 heavy (non-hydrogen) atoms. The van der Waals surface area contributed by atoms with Gasteiger partial charge in [-0.1, -0.05) is 32.9 Å². The number of hydrogen-bond acceptors (Lipinski definition) is 1. The summed E-state index contributed by atoms with van der Waals surface area (Å²) in [5.41, 5.74) is 8.58. The van der Waals surface area contributed by atoms with Gasteiger partial charge in [0, 0.05) is 5.70 Å². The van der Waals surface area contributed by atoms with E-state index in [0.717, 1.165) is 12.1 Å². The zero-order chi connectivity index (χ0) is 9.84. The largest absolute Gasteiger partial charge is 0.402 e. The average molecular weight is 179 g/mol. The predicted molar refractivity (Wildman–Crippen MR) is 58.2 cm³/mol. The van der Waals surface area contributed by atoms with Crippen LogP contribution in [-0.2, 0) is 0 Å². The van der Waals surface area contributed by atoms with Crippen LogP contribution in [0.5, 0.6) is 0 Å². The molecule has 2 N–H and O–H groups in total. The van der Waals surface area contributed by atoms with Gasteiger partial charge in [0.15, 0.2) is 0 Å². The minimum Gasteiger partial charge on any atom is -0.402 e. The number of hydrogen-bond donors (Lipinski definition) is 1. The maximum absolute atomic E-state index is 6.09. The molecule has 1 rings (SSSR count). The van der Waals surface area contributed by atoms with E-state index in [-0.39, 0.29) is 0 Å². The zero-order valence-electron chi connectivity index (χ0n) is 9.01. The molecule has 1 aliphatic carbocycles. The summed E-state index contributed by atoms with van der Waals surface area (Å²) < 4.78 is 0. The molecular formula is C12H21N. The van der Waals surface area contributed by atoms with Gasteiger partial charge in [0.05, 0.1) is 0 Å². The van der Waals surface area contributed by atoms with Crippen molar-refractivity contribution >= 4 is 0 Å². The van der Waals surface area contributed by atoms with Crippen LogP contribution >= 0.6 is 0 Å². The molecule has 1 aliphatic rings. The fourth-order valence-corrected chi connectivity index (χ4v) is 1.50. The standard InChI is InChI=1S/C12H21N/c1-4-5-6-11(9(2)3)12(13)10-7-8-10/h5-6,9-10H,4,7-8,13H2,1-3H3/b6-5-,12-11+. The van der Waals surface area contributed by atoms with E-state index in [1.807, 2.05) is 0 Å². The molecule has 1 nitrogen and oxygen atoms in total. The third-order valence-electron chi connectivity index (χ3n) is 2.51. The quantitative estimate of drug-likeness (QED) is 0.659. The fraction of sp³-hybridized carbons (Fsp3) is 0.667. The molecule has 0 heterocycles.